The van der Waals surface area contributed by atoms with Gasteiger partial charge in [-0.15, -0.1) is 0 Å². The van der Waals surface area contributed by atoms with E-state index in [0.717, 1.165) is 5.69 Å². The van der Waals surface area contributed by atoms with E-state index < -0.39 is 11.7 Å². The first-order valence-corrected chi connectivity index (χ1v) is 6.42. The first kappa shape index (κ1) is 13.9. The highest BCUT2D eigenvalue weighted by Crippen LogP contribution is 2.28. The number of likely N-dealkylation sites (tertiary alicyclic amines) is 1. The van der Waals surface area contributed by atoms with E-state index in [9.17, 15) is 9.90 Å². The van der Waals surface area contributed by atoms with Gasteiger partial charge >= 0.3 is 6.09 Å². The van der Waals surface area contributed by atoms with E-state index in [-0.39, 0.29) is 12.0 Å². The maximum Gasteiger partial charge on any atom is 0.410 e. The Labute approximate surface area is 113 Å². The number of aryl methyl sites for hydroxylation is 1. The number of β-amino-alcohol motifs (C(OH)–C–C–N with tert-alkyl or cyclic N) is 1. The van der Waals surface area contributed by atoms with Crippen LogP contribution in [0.1, 0.15) is 32.4 Å². The van der Waals surface area contributed by atoms with Gasteiger partial charge in [0, 0.05) is 31.4 Å². The third-order valence-electron chi connectivity index (χ3n) is 3.18. The van der Waals surface area contributed by atoms with Gasteiger partial charge in [0.2, 0.25) is 0 Å². The summed E-state index contributed by atoms with van der Waals surface area (Å²) in [5.41, 5.74) is 0.408. The smallest absolute Gasteiger partial charge is 0.410 e. The van der Waals surface area contributed by atoms with Crippen molar-refractivity contribution in [1.82, 2.24) is 14.7 Å². The lowest BCUT2D eigenvalue weighted by atomic mass is 10.0. The number of amides is 1. The lowest BCUT2D eigenvalue weighted by molar-refractivity contribution is 0.0270. The molecule has 2 atom stereocenters. The maximum atomic E-state index is 12.0. The highest BCUT2D eigenvalue weighted by molar-refractivity contribution is 5.68. The van der Waals surface area contributed by atoms with Crippen molar-refractivity contribution in [3.8, 4) is 0 Å². The van der Waals surface area contributed by atoms with E-state index in [2.05, 4.69) is 5.10 Å². The molecule has 1 aromatic heterocycles. The van der Waals surface area contributed by atoms with Crippen LogP contribution < -0.4 is 0 Å². The molecule has 2 rings (SSSR count). The molecular weight excluding hydrogens is 246 g/mol. The zero-order chi connectivity index (χ0) is 14.2. The average Bonchev–Trinajstić information content (AvgIpc) is 2.82. The summed E-state index contributed by atoms with van der Waals surface area (Å²) in [6.45, 7) is 6.24. The molecule has 1 N–H and O–H groups in total. The molecule has 0 saturated carbocycles. The Hall–Kier alpha value is -1.56. The van der Waals surface area contributed by atoms with Gasteiger partial charge in [0.1, 0.15) is 5.60 Å². The van der Waals surface area contributed by atoms with Crippen molar-refractivity contribution in [2.75, 3.05) is 13.1 Å². The van der Waals surface area contributed by atoms with Crippen molar-refractivity contribution in [3.05, 3.63) is 18.0 Å². The van der Waals surface area contributed by atoms with E-state index in [1.807, 2.05) is 33.9 Å². The van der Waals surface area contributed by atoms with E-state index in [1.54, 1.807) is 15.8 Å². The summed E-state index contributed by atoms with van der Waals surface area (Å²) in [4.78, 5) is 13.5. The molecule has 6 nitrogen and oxygen atoms in total. The Kier molecular flexibility index (Phi) is 3.54. The van der Waals surface area contributed by atoms with Gasteiger partial charge in [-0.05, 0) is 26.8 Å². The fourth-order valence-corrected chi connectivity index (χ4v) is 2.30. The van der Waals surface area contributed by atoms with Gasteiger partial charge in [-0.2, -0.15) is 5.10 Å². The SMILES string of the molecule is Cn1nccc1[C@@H]1CN(C(=O)OC(C)(C)C)C[C@H]1O. The monoisotopic (exact) mass is 267 g/mol. The van der Waals surface area contributed by atoms with Gasteiger partial charge < -0.3 is 14.7 Å². The van der Waals surface area contributed by atoms with E-state index >= 15 is 0 Å². The molecule has 0 unspecified atom stereocenters. The lowest BCUT2D eigenvalue weighted by Crippen LogP contribution is -2.35. The minimum atomic E-state index is -0.581. The Morgan fingerprint density at radius 1 is 1.47 bits per heavy atom. The van der Waals surface area contributed by atoms with Crippen LogP contribution in [0.2, 0.25) is 0 Å². The van der Waals surface area contributed by atoms with Gasteiger partial charge in [-0.25, -0.2) is 4.79 Å². The summed E-state index contributed by atoms with van der Waals surface area (Å²) in [5, 5.41) is 14.2. The Bertz CT molecular complexity index is 464. The number of hydrogen-bond donors (Lipinski definition) is 1. The van der Waals surface area contributed by atoms with E-state index in [4.69, 9.17) is 4.74 Å². The van der Waals surface area contributed by atoms with Gasteiger partial charge in [-0.3, -0.25) is 4.68 Å². The summed E-state index contributed by atoms with van der Waals surface area (Å²) < 4.78 is 7.05. The van der Waals surface area contributed by atoms with Crippen molar-refractivity contribution in [2.45, 2.75) is 38.4 Å². The Morgan fingerprint density at radius 3 is 2.68 bits per heavy atom. The molecule has 1 saturated heterocycles. The van der Waals surface area contributed by atoms with E-state index in [1.165, 1.54) is 0 Å². The molecule has 1 aliphatic heterocycles. The molecule has 6 heteroatoms. The number of aliphatic hydroxyl groups excluding tert-OH is 1. The van der Waals surface area contributed by atoms with Crippen molar-refractivity contribution in [2.24, 2.45) is 7.05 Å². The van der Waals surface area contributed by atoms with Crippen LogP contribution in [-0.4, -0.2) is 50.7 Å². The van der Waals surface area contributed by atoms with E-state index in [0.29, 0.717) is 13.1 Å². The minimum Gasteiger partial charge on any atom is -0.444 e. The fraction of sp³-hybridized carbons (Fsp3) is 0.692. The molecule has 2 heterocycles. The number of rotatable bonds is 1. The van der Waals surface area contributed by atoms with Crippen LogP contribution in [0.5, 0.6) is 0 Å². The molecule has 0 aliphatic carbocycles. The molecule has 1 aliphatic rings. The second kappa shape index (κ2) is 4.85. The van der Waals surface area contributed by atoms with Crippen molar-refractivity contribution >= 4 is 6.09 Å². The summed E-state index contributed by atoms with van der Waals surface area (Å²) in [6.07, 6.45) is 0.734. The van der Waals surface area contributed by atoms with Crippen molar-refractivity contribution in [1.29, 1.82) is 0 Å². The Balaban J connectivity index is 2.06. The summed E-state index contributed by atoms with van der Waals surface area (Å²) in [6, 6.07) is 1.87. The quantitative estimate of drug-likeness (QED) is 0.828. The topological polar surface area (TPSA) is 67.6 Å². The molecule has 1 fully saturated rings. The highest BCUT2D eigenvalue weighted by Gasteiger charge is 2.38. The minimum absolute atomic E-state index is 0.111. The molecule has 106 valence electrons. The van der Waals surface area contributed by atoms with Crippen LogP contribution in [0.25, 0.3) is 0 Å². The number of ether oxygens (including phenoxy) is 1. The van der Waals surface area contributed by atoms with Crippen LogP contribution in [0, 0.1) is 0 Å². The van der Waals surface area contributed by atoms with Crippen molar-refractivity contribution in [3.63, 3.8) is 0 Å². The zero-order valence-electron chi connectivity index (χ0n) is 11.8. The average molecular weight is 267 g/mol. The third kappa shape index (κ3) is 3.07. The Morgan fingerprint density at radius 2 is 2.16 bits per heavy atom. The number of hydrogen-bond acceptors (Lipinski definition) is 4. The van der Waals surface area contributed by atoms with Gasteiger partial charge in [-0.1, -0.05) is 0 Å². The predicted octanol–water partition coefficient (Wildman–Crippen LogP) is 1.12. The van der Waals surface area contributed by atoms with Gasteiger partial charge in [0.05, 0.1) is 12.6 Å². The molecule has 0 spiro atoms. The van der Waals surface area contributed by atoms with Gasteiger partial charge in [0.25, 0.3) is 0 Å². The lowest BCUT2D eigenvalue weighted by Gasteiger charge is -2.24. The second-order valence-electron chi connectivity index (χ2n) is 5.94. The van der Waals surface area contributed by atoms with Crippen LogP contribution in [-0.2, 0) is 11.8 Å². The molecule has 19 heavy (non-hydrogen) atoms. The standard InChI is InChI=1S/C13H21N3O3/c1-13(2,3)19-12(18)16-7-9(11(17)8-16)10-5-6-14-15(10)4/h5-6,9,11,17H,7-8H2,1-4H3/t9-,11+/m0/s1. The zero-order valence-corrected chi connectivity index (χ0v) is 11.8. The van der Waals surface area contributed by atoms with Crippen LogP contribution in [0.3, 0.4) is 0 Å². The molecule has 0 aromatic carbocycles. The second-order valence-corrected chi connectivity index (χ2v) is 5.94. The number of aliphatic hydroxyl groups is 1. The molecule has 0 bridgehead atoms. The molecule has 0 radical (unpaired) electrons. The largest absolute Gasteiger partial charge is 0.444 e. The normalized spacial score (nSPS) is 23.7. The maximum absolute atomic E-state index is 12.0. The molecular formula is C13H21N3O3. The first-order valence-electron chi connectivity index (χ1n) is 6.42. The summed E-state index contributed by atoms with van der Waals surface area (Å²) in [7, 11) is 1.83. The van der Waals surface area contributed by atoms with Gasteiger partial charge in [0.15, 0.2) is 0 Å². The summed E-state index contributed by atoms with van der Waals surface area (Å²) in [5.74, 6) is -0.111. The summed E-state index contributed by atoms with van der Waals surface area (Å²) >= 11 is 0. The number of aromatic nitrogens is 2. The third-order valence-corrected chi connectivity index (χ3v) is 3.18. The molecule has 1 aromatic rings. The highest BCUT2D eigenvalue weighted by atomic mass is 16.6. The number of carbonyl (C=O) groups excluding carboxylic acids is 1. The van der Waals surface area contributed by atoms with Crippen LogP contribution >= 0.6 is 0 Å². The number of carbonyl (C=O) groups is 1. The number of nitrogens with zero attached hydrogens (tertiary/aromatic N) is 3. The molecule has 1 amide bonds. The predicted molar refractivity (Wildman–Crippen MR) is 69.8 cm³/mol. The first-order chi connectivity index (χ1) is 8.78. The van der Waals surface area contributed by atoms with Crippen LogP contribution in [0.4, 0.5) is 4.79 Å². The van der Waals surface area contributed by atoms with Crippen molar-refractivity contribution < 1.29 is 14.6 Å². The fourth-order valence-electron chi connectivity index (χ4n) is 2.30. The van der Waals surface area contributed by atoms with Crippen LogP contribution in [0.15, 0.2) is 12.3 Å².